The molecule has 0 amide bonds. The van der Waals surface area contributed by atoms with Crippen LogP contribution in [0.1, 0.15) is 18.4 Å². The lowest BCUT2D eigenvalue weighted by molar-refractivity contribution is 0.146. The first-order chi connectivity index (χ1) is 15.3. The minimum Gasteiger partial charge on any atom is -0.361 e. The van der Waals surface area contributed by atoms with Crippen molar-refractivity contribution in [2.45, 2.75) is 19.4 Å². The van der Waals surface area contributed by atoms with Crippen LogP contribution in [0.3, 0.4) is 0 Å². The first-order valence-electron chi connectivity index (χ1n) is 10.5. The summed E-state index contributed by atoms with van der Waals surface area (Å²) in [6, 6.07) is 20.4. The molecule has 7 nitrogen and oxygen atoms in total. The van der Waals surface area contributed by atoms with E-state index >= 15 is 0 Å². The maximum atomic E-state index is 8.61. The summed E-state index contributed by atoms with van der Waals surface area (Å²) >= 11 is 0. The van der Waals surface area contributed by atoms with Crippen LogP contribution >= 0.6 is 0 Å². The number of aromatic nitrogens is 2. The zero-order valence-corrected chi connectivity index (χ0v) is 17.4. The monoisotopic (exact) mass is 414 g/mol. The van der Waals surface area contributed by atoms with E-state index in [1.807, 2.05) is 42.5 Å². The minimum atomic E-state index is 0.343. The average Bonchev–Trinajstić information content (AvgIpc) is 3.10. The van der Waals surface area contributed by atoms with Crippen molar-refractivity contribution in [3.8, 4) is 17.3 Å². The van der Waals surface area contributed by atoms with Crippen molar-refractivity contribution < 1.29 is 4.74 Å². The van der Waals surface area contributed by atoms with Crippen molar-refractivity contribution in [1.29, 1.82) is 5.26 Å². The van der Waals surface area contributed by atoms with Crippen LogP contribution in [-0.4, -0.2) is 36.4 Å². The topological polar surface area (TPSA) is 86.1 Å². The highest BCUT2D eigenvalue weighted by atomic mass is 16.5. The number of benzene rings is 2. The molecule has 0 atom stereocenters. The molecule has 0 aliphatic carbocycles. The zero-order chi connectivity index (χ0) is 21.3. The van der Waals surface area contributed by atoms with Crippen LogP contribution in [-0.2, 0) is 11.3 Å². The van der Waals surface area contributed by atoms with Crippen LogP contribution < -0.4 is 15.5 Å². The smallest absolute Gasteiger partial charge is 0.227 e. The molecule has 4 rings (SSSR count). The molecule has 1 aliphatic heterocycles. The fourth-order valence-electron chi connectivity index (χ4n) is 3.47. The number of ether oxygens (including phenoxy) is 1. The summed E-state index contributed by atoms with van der Waals surface area (Å²) in [7, 11) is 0. The first-order valence-corrected chi connectivity index (χ1v) is 10.5. The molecule has 2 N–H and O–H groups in total. The number of nitrogens with one attached hydrogen (secondary N) is 2. The van der Waals surface area contributed by atoms with Crippen LogP contribution in [0.5, 0.6) is 0 Å². The van der Waals surface area contributed by atoms with E-state index < -0.39 is 0 Å². The number of hydrogen-bond acceptors (Lipinski definition) is 7. The van der Waals surface area contributed by atoms with E-state index in [0.29, 0.717) is 25.8 Å². The van der Waals surface area contributed by atoms with Gasteiger partial charge in [-0.3, -0.25) is 0 Å². The molecule has 0 radical (unpaired) electrons. The van der Waals surface area contributed by atoms with Crippen LogP contribution in [0.15, 0.2) is 60.8 Å². The maximum Gasteiger partial charge on any atom is 0.227 e. The standard InChI is InChI=1S/C24H26N6O/c25-12-14-26-17-19-3-5-20(6-4-19)23-11-13-27-24(29-23)28-21-7-9-22(10-8-21)30-15-1-2-16-31-18-30/h3-11,13,26H,1-2,14-18H2,(H,27,28,29). The summed E-state index contributed by atoms with van der Waals surface area (Å²) in [6.45, 7) is 3.51. The molecule has 2 heterocycles. The highest BCUT2D eigenvalue weighted by Crippen LogP contribution is 2.23. The van der Waals surface area contributed by atoms with Crippen LogP contribution in [0.2, 0.25) is 0 Å². The molecule has 3 aromatic rings. The van der Waals surface area contributed by atoms with Crippen LogP contribution in [0, 0.1) is 11.3 Å². The molecular formula is C24H26N6O. The Labute approximate surface area is 182 Å². The van der Waals surface area contributed by atoms with E-state index in [9.17, 15) is 0 Å². The Morgan fingerprint density at radius 2 is 1.87 bits per heavy atom. The Bertz CT molecular complexity index is 1010. The van der Waals surface area contributed by atoms with Gasteiger partial charge < -0.3 is 20.3 Å². The molecule has 0 saturated carbocycles. The molecule has 0 unspecified atom stereocenters. The summed E-state index contributed by atoms with van der Waals surface area (Å²) in [4.78, 5) is 11.3. The fraction of sp³-hybridized carbons (Fsp3) is 0.292. The van der Waals surface area contributed by atoms with Gasteiger partial charge in [-0.25, -0.2) is 9.97 Å². The van der Waals surface area contributed by atoms with E-state index in [1.54, 1.807) is 6.20 Å². The van der Waals surface area contributed by atoms with Gasteiger partial charge in [-0.1, -0.05) is 24.3 Å². The molecule has 1 saturated heterocycles. The first kappa shape index (κ1) is 20.8. The molecule has 0 bridgehead atoms. The van der Waals surface area contributed by atoms with E-state index in [2.05, 4.69) is 43.7 Å². The van der Waals surface area contributed by atoms with Gasteiger partial charge >= 0.3 is 0 Å². The Kier molecular flexibility index (Phi) is 7.06. The van der Waals surface area contributed by atoms with E-state index in [1.165, 1.54) is 0 Å². The van der Waals surface area contributed by atoms with Gasteiger partial charge in [0.25, 0.3) is 0 Å². The molecule has 1 fully saturated rings. The lowest BCUT2D eigenvalue weighted by atomic mass is 10.1. The SMILES string of the molecule is N#CCNCc1ccc(-c2ccnc(Nc3ccc(N4CCCCOC4)cc3)n2)cc1. The summed E-state index contributed by atoms with van der Waals surface area (Å²) < 4.78 is 5.65. The number of hydrogen-bond donors (Lipinski definition) is 2. The number of anilines is 3. The van der Waals surface area contributed by atoms with E-state index in [4.69, 9.17) is 10.00 Å². The number of rotatable bonds is 7. The van der Waals surface area contributed by atoms with Crippen molar-refractivity contribution in [2.24, 2.45) is 0 Å². The quantitative estimate of drug-likeness (QED) is 0.445. The van der Waals surface area contributed by atoms with Crippen molar-refractivity contribution in [1.82, 2.24) is 15.3 Å². The molecule has 1 aliphatic rings. The van der Waals surface area contributed by atoms with Gasteiger partial charge in [0.2, 0.25) is 5.95 Å². The highest BCUT2D eigenvalue weighted by Gasteiger charge is 2.10. The third-order valence-corrected chi connectivity index (χ3v) is 5.14. The molecule has 0 spiro atoms. The van der Waals surface area contributed by atoms with Gasteiger partial charge in [0.05, 0.1) is 18.3 Å². The lowest BCUT2D eigenvalue weighted by Crippen LogP contribution is -2.24. The van der Waals surface area contributed by atoms with Gasteiger partial charge in [0.15, 0.2) is 0 Å². The van der Waals surface area contributed by atoms with Crippen molar-refractivity contribution in [3.05, 3.63) is 66.4 Å². The Morgan fingerprint density at radius 1 is 1.03 bits per heavy atom. The summed E-state index contributed by atoms with van der Waals surface area (Å²) in [5, 5.41) is 15.0. The summed E-state index contributed by atoms with van der Waals surface area (Å²) in [6.07, 6.45) is 4.03. The van der Waals surface area contributed by atoms with E-state index in [0.717, 1.165) is 54.2 Å². The van der Waals surface area contributed by atoms with E-state index in [-0.39, 0.29) is 0 Å². The fourth-order valence-corrected chi connectivity index (χ4v) is 3.47. The van der Waals surface area contributed by atoms with Crippen molar-refractivity contribution in [3.63, 3.8) is 0 Å². The second-order valence-corrected chi connectivity index (χ2v) is 7.40. The Balaban J connectivity index is 1.41. The zero-order valence-electron chi connectivity index (χ0n) is 17.4. The lowest BCUT2D eigenvalue weighted by Gasteiger charge is -2.22. The second-order valence-electron chi connectivity index (χ2n) is 7.40. The van der Waals surface area contributed by atoms with Crippen LogP contribution in [0.4, 0.5) is 17.3 Å². The molecular weight excluding hydrogens is 388 g/mol. The average molecular weight is 415 g/mol. The number of nitriles is 1. The normalized spacial score (nSPS) is 14.0. The van der Waals surface area contributed by atoms with Gasteiger partial charge in [-0.15, -0.1) is 0 Å². The summed E-state index contributed by atoms with van der Waals surface area (Å²) in [5.41, 5.74) is 5.10. The molecule has 2 aromatic carbocycles. The van der Waals surface area contributed by atoms with Crippen molar-refractivity contribution >= 4 is 17.3 Å². The Hall–Kier alpha value is -3.47. The predicted molar refractivity (Wildman–Crippen MR) is 122 cm³/mol. The maximum absolute atomic E-state index is 8.61. The highest BCUT2D eigenvalue weighted by molar-refractivity contribution is 5.63. The van der Waals surface area contributed by atoms with Gasteiger partial charge in [-0.2, -0.15) is 5.26 Å². The molecule has 7 heteroatoms. The molecule has 31 heavy (non-hydrogen) atoms. The molecule has 1 aromatic heterocycles. The van der Waals surface area contributed by atoms with Crippen LogP contribution in [0.25, 0.3) is 11.3 Å². The third kappa shape index (κ3) is 5.79. The predicted octanol–water partition coefficient (Wildman–Crippen LogP) is 4.07. The van der Waals surface area contributed by atoms with Gasteiger partial charge in [0.1, 0.15) is 6.73 Å². The molecule has 158 valence electrons. The van der Waals surface area contributed by atoms with Gasteiger partial charge in [0, 0.05) is 42.8 Å². The third-order valence-electron chi connectivity index (χ3n) is 5.14. The largest absolute Gasteiger partial charge is 0.361 e. The Morgan fingerprint density at radius 3 is 2.68 bits per heavy atom. The van der Waals surface area contributed by atoms with Gasteiger partial charge in [-0.05, 0) is 48.7 Å². The minimum absolute atomic E-state index is 0.343. The summed E-state index contributed by atoms with van der Waals surface area (Å²) in [5.74, 6) is 0.558. The number of nitrogens with zero attached hydrogens (tertiary/aromatic N) is 4. The van der Waals surface area contributed by atoms with Crippen molar-refractivity contribution in [2.75, 3.05) is 36.6 Å². The second kappa shape index (κ2) is 10.5.